The van der Waals surface area contributed by atoms with Crippen LogP contribution in [0.15, 0.2) is 127 Å². The maximum atomic E-state index is 2.50. The van der Waals surface area contributed by atoms with Gasteiger partial charge in [-0.15, -0.1) is 0 Å². The minimum absolute atomic E-state index is 0.250. The summed E-state index contributed by atoms with van der Waals surface area (Å²) in [6, 6.07) is 40.3. The normalized spacial score (nSPS) is 15.1. The molecule has 0 bridgehead atoms. The zero-order chi connectivity index (χ0) is 27.2. The van der Waals surface area contributed by atoms with Crippen LogP contribution < -0.4 is 10.9 Å². The Morgan fingerprint density at radius 2 is 1.00 bits per heavy atom. The first kappa shape index (κ1) is 24.7. The Kier molecular flexibility index (Phi) is 6.16. The zero-order valence-electron chi connectivity index (χ0n) is 23.5. The Bertz CT molecular complexity index is 1890. The molecule has 0 amide bonds. The van der Waals surface area contributed by atoms with Crippen molar-refractivity contribution in [3.8, 4) is 0 Å². The van der Waals surface area contributed by atoms with Crippen LogP contribution in [0, 0.1) is 20.8 Å². The van der Waals surface area contributed by atoms with Crippen LogP contribution in [0.3, 0.4) is 0 Å². The highest BCUT2D eigenvalue weighted by atomic mass is 14.2. The monoisotopic (exact) mass is 512 g/mol. The van der Waals surface area contributed by atoms with E-state index in [1.807, 2.05) is 0 Å². The maximum absolute atomic E-state index is 2.50. The SMILES string of the molecule is Cc1ccc2ccccc2c1B(c1c(C)ccc2ccccc12)C1C=CC(c2c(C)ccc3ccccc23)=CC1. The molecule has 7 rings (SSSR count). The van der Waals surface area contributed by atoms with Crippen molar-refractivity contribution in [2.24, 2.45) is 0 Å². The molecule has 0 fully saturated rings. The summed E-state index contributed by atoms with van der Waals surface area (Å²) in [7, 11) is 0. The van der Waals surface area contributed by atoms with E-state index in [1.165, 1.54) is 71.1 Å². The van der Waals surface area contributed by atoms with Crippen molar-refractivity contribution < 1.29 is 0 Å². The van der Waals surface area contributed by atoms with Crippen molar-refractivity contribution in [2.75, 3.05) is 0 Å². The topological polar surface area (TPSA) is 0 Å². The standard InChI is InChI=1S/C39H33B/c1-26-16-19-29-10-4-7-13-34(29)37(26)32-22-24-33(25-23-32)40(38-27(2)17-20-30-11-5-8-14-35(30)38)39-28(3)18-21-31-12-6-9-15-36(31)39/h4-24,33H,25H2,1-3H3. The predicted octanol–water partition coefficient (Wildman–Crippen LogP) is 9.09. The average molecular weight is 513 g/mol. The molecule has 0 aromatic heterocycles. The van der Waals surface area contributed by atoms with Gasteiger partial charge in [0.1, 0.15) is 0 Å². The van der Waals surface area contributed by atoms with E-state index in [0.717, 1.165) is 6.42 Å². The van der Waals surface area contributed by atoms with E-state index in [4.69, 9.17) is 0 Å². The summed E-state index contributed by atoms with van der Waals surface area (Å²) in [5.74, 6) is 0.355. The first-order valence-corrected chi connectivity index (χ1v) is 14.4. The average Bonchev–Trinajstić information content (AvgIpc) is 2.99. The number of aryl methyl sites for hydroxylation is 3. The second-order valence-corrected chi connectivity index (χ2v) is 11.4. The molecule has 0 heterocycles. The third-order valence-electron chi connectivity index (χ3n) is 8.99. The van der Waals surface area contributed by atoms with Gasteiger partial charge in [0.25, 0.3) is 0 Å². The fraction of sp³-hybridized carbons (Fsp3) is 0.128. The summed E-state index contributed by atoms with van der Waals surface area (Å²) in [6.45, 7) is 7.08. The molecular weight excluding hydrogens is 479 g/mol. The number of allylic oxidation sites excluding steroid dienone is 4. The van der Waals surface area contributed by atoms with Gasteiger partial charge in [0, 0.05) is 0 Å². The van der Waals surface area contributed by atoms with Crippen LogP contribution in [0.4, 0.5) is 0 Å². The van der Waals surface area contributed by atoms with Crippen LogP contribution >= 0.6 is 0 Å². The molecule has 0 N–H and O–H groups in total. The molecule has 0 nitrogen and oxygen atoms in total. The fourth-order valence-corrected chi connectivity index (χ4v) is 7.04. The van der Waals surface area contributed by atoms with Gasteiger partial charge < -0.3 is 0 Å². The van der Waals surface area contributed by atoms with Crippen LogP contribution in [-0.2, 0) is 0 Å². The number of benzene rings is 6. The minimum atomic E-state index is 0.250. The fourth-order valence-electron chi connectivity index (χ4n) is 7.04. The lowest BCUT2D eigenvalue weighted by molar-refractivity contribution is 1.01. The van der Waals surface area contributed by atoms with E-state index in [1.54, 1.807) is 0 Å². The lowest BCUT2D eigenvalue weighted by Gasteiger charge is -2.29. The quantitative estimate of drug-likeness (QED) is 0.207. The summed E-state index contributed by atoms with van der Waals surface area (Å²) in [6.07, 6.45) is 8.40. The zero-order valence-corrected chi connectivity index (χ0v) is 23.5. The van der Waals surface area contributed by atoms with E-state index in [0.29, 0.717) is 5.82 Å². The minimum Gasteiger partial charge on any atom is -0.0870 e. The van der Waals surface area contributed by atoms with Crippen molar-refractivity contribution in [2.45, 2.75) is 33.0 Å². The number of rotatable bonds is 4. The molecule has 192 valence electrons. The summed E-state index contributed by atoms with van der Waals surface area (Å²) >= 11 is 0. The molecule has 40 heavy (non-hydrogen) atoms. The van der Waals surface area contributed by atoms with E-state index < -0.39 is 0 Å². The largest absolute Gasteiger partial charge is 0.218 e. The van der Waals surface area contributed by atoms with Gasteiger partial charge in [-0.2, -0.15) is 0 Å². The number of fused-ring (bicyclic) bond motifs is 3. The van der Waals surface area contributed by atoms with Crippen molar-refractivity contribution >= 4 is 55.5 Å². The summed E-state index contributed by atoms with van der Waals surface area (Å²) in [5, 5.41) is 8.00. The Morgan fingerprint density at radius 3 is 1.52 bits per heavy atom. The van der Waals surface area contributed by atoms with Gasteiger partial charge in [0.15, 0.2) is 0 Å². The van der Waals surface area contributed by atoms with Crippen molar-refractivity contribution in [1.82, 2.24) is 0 Å². The lowest BCUT2D eigenvalue weighted by Crippen LogP contribution is -2.48. The highest BCUT2D eigenvalue weighted by molar-refractivity contribution is 6.90. The summed E-state index contributed by atoms with van der Waals surface area (Å²) < 4.78 is 0. The van der Waals surface area contributed by atoms with Crippen molar-refractivity contribution in [3.05, 3.63) is 150 Å². The van der Waals surface area contributed by atoms with Crippen LogP contribution in [-0.4, -0.2) is 6.71 Å². The van der Waals surface area contributed by atoms with Gasteiger partial charge in [-0.1, -0.05) is 149 Å². The molecule has 0 radical (unpaired) electrons. The number of hydrogen-bond donors (Lipinski definition) is 0. The molecule has 1 aliphatic rings. The molecule has 6 aromatic carbocycles. The van der Waals surface area contributed by atoms with Crippen LogP contribution in [0.1, 0.15) is 28.7 Å². The second kappa shape index (κ2) is 9.99. The number of hydrogen-bond acceptors (Lipinski definition) is 0. The van der Waals surface area contributed by atoms with Crippen LogP contribution in [0.5, 0.6) is 0 Å². The molecule has 0 saturated heterocycles. The third kappa shape index (κ3) is 4.09. The predicted molar refractivity (Wildman–Crippen MR) is 177 cm³/mol. The second-order valence-electron chi connectivity index (χ2n) is 11.4. The summed E-state index contributed by atoms with van der Waals surface area (Å²) in [5.41, 5.74) is 9.70. The Balaban J connectivity index is 1.42. The van der Waals surface area contributed by atoms with E-state index in [9.17, 15) is 0 Å². The van der Waals surface area contributed by atoms with Gasteiger partial charge in [0.05, 0.1) is 0 Å². The van der Waals surface area contributed by atoms with Crippen molar-refractivity contribution in [1.29, 1.82) is 0 Å². The van der Waals surface area contributed by atoms with Gasteiger partial charge >= 0.3 is 0 Å². The van der Waals surface area contributed by atoms with Crippen molar-refractivity contribution in [3.63, 3.8) is 0 Å². The molecule has 1 aliphatic carbocycles. The maximum Gasteiger partial charge on any atom is 0.218 e. The summed E-state index contributed by atoms with van der Waals surface area (Å²) in [4.78, 5) is 0. The smallest absolute Gasteiger partial charge is 0.0870 e. The van der Waals surface area contributed by atoms with Gasteiger partial charge in [-0.25, -0.2) is 0 Å². The molecule has 1 heteroatoms. The molecule has 1 atom stereocenters. The highest BCUT2D eigenvalue weighted by Crippen LogP contribution is 2.36. The Morgan fingerprint density at radius 1 is 0.525 bits per heavy atom. The first-order chi connectivity index (χ1) is 19.6. The van der Waals surface area contributed by atoms with Gasteiger partial charge in [-0.05, 0) is 82.0 Å². The van der Waals surface area contributed by atoms with Gasteiger partial charge in [0.2, 0.25) is 6.71 Å². The van der Waals surface area contributed by atoms with Gasteiger partial charge in [-0.3, -0.25) is 0 Å². The Labute approximate surface area is 237 Å². The Hall–Kier alpha value is -4.36. The molecule has 6 aromatic rings. The molecule has 0 spiro atoms. The first-order valence-electron chi connectivity index (χ1n) is 14.4. The van der Waals surface area contributed by atoms with E-state index in [-0.39, 0.29) is 6.71 Å². The van der Waals surface area contributed by atoms with Crippen LogP contribution in [0.25, 0.3) is 37.9 Å². The molecule has 0 aliphatic heterocycles. The third-order valence-corrected chi connectivity index (χ3v) is 8.99. The molecule has 1 unspecified atom stereocenters. The highest BCUT2D eigenvalue weighted by Gasteiger charge is 2.33. The molecule has 0 saturated carbocycles. The van der Waals surface area contributed by atoms with E-state index in [2.05, 4.69) is 148 Å². The molecular formula is C39H33B. The lowest BCUT2D eigenvalue weighted by atomic mass is 9.30. The van der Waals surface area contributed by atoms with Crippen LogP contribution in [0.2, 0.25) is 5.82 Å². The van der Waals surface area contributed by atoms with E-state index >= 15 is 0 Å².